The molecule has 1 heterocycles. The number of aromatic nitrogens is 2. The van der Waals surface area contributed by atoms with Crippen LogP contribution in [-0.2, 0) is 16.6 Å². The number of rotatable bonds is 10. The van der Waals surface area contributed by atoms with Crippen LogP contribution >= 0.6 is 15.9 Å². The molecule has 0 aliphatic rings. The summed E-state index contributed by atoms with van der Waals surface area (Å²) in [5.74, 6) is -1.28. The number of halogens is 3. The van der Waals surface area contributed by atoms with Gasteiger partial charge in [-0.3, -0.25) is 9.36 Å². The van der Waals surface area contributed by atoms with E-state index in [1.165, 1.54) is 10.6 Å². The molecule has 0 aliphatic heterocycles. The van der Waals surface area contributed by atoms with Gasteiger partial charge in [0.25, 0.3) is 5.56 Å². The molecular weight excluding hydrogens is 486 g/mol. The van der Waals surface area contributed by atoms with Crippen molar-refractivity contribution in [2.75, 3.05) is 24.7 Å². The molecule has 1 aromatic heterocycles. The summed E-state index contributed by atoms with van der Waals surface area (Å²) in [6.45, 7) is 3.93. The van der Waals surface area contributed by atoms with E-state index in [9.17, 15) is 22.0 Å². The van der Waals surface area contributed by atoms with Crippen molar-refractivity contribution in [3.63, 3.8) is 0 Å². The predicted molar refractivity (Wildman–Crippen MR) is 113 cm³/mol. The maximum absolute atomic E-state index is 13.8. The van der Waals surface area contributed by atoms with E-state index in [0.29, 0.717) is 13.0 Å². The maximum Gasteiger partial charge on any atom is 0.273 e. The van der Waals surface area contributed by atoms with Crippen LogP contribution in [0.25, 0.3) is 0 Å². The molecule has 2 rings (SSSR count). The lowest BCUT2D eigenvalue weighted by Crippen LogP contribution is -2.29. The number of hydrogen-bond donors (Lipinski definition) is 2. The Bertz CT molecular complexity index is 1060. The van der Waals surface area contributed by atoms with Crippen molar-refractivity contribution in [1.82, 2.24) is 14.3 Å². The summed E-state index contributed by atoms with van der Waals surface area (Å²) >= 11 is 3.17. The number of nitrogens with one attached hydrogen (secondary N) is 2. The summed E-state index contributed by atoms with van der Waals surface area (Å²) < 4.78 is 58.5. The van der Waals surface area contributed by atoms with Gasteiger partial charge in [-0.05, 0) is 48.3 Å². The highest BCUT2D eigenvalue weighted by Crippen LogP contribution is 2.24. The average molecular weight is 509 g/mol. The molecule has 2 N–H and O–H groups in total. The van der Waals surface area contributed by atoms with Gasteiger partial charge in [0.15, 0.2) is 0 Å². The Balaban J connectivity index is 2.19. The highest BCUT2D eigenvalue weighted by atomic mass is 79.9. The molecule has 0 radical (unpaired) electrons. The van der Waals surface area contributed by atoms with Crippen LogP contribution in [0.1, 0.15) is 31.9 Å². The van der Waals surface area contributed by atoms with Gasteiger partial charge in [-0.1, -0.05) is 0 Å². The number of benzene rings is 1. The van der Waals surface area contributed by atoms with Crippen LogP contribution in [0.5, 0.6) is 5.88 Å². The summed E-state index contributed by atoms with van der Waals surface area (Å²) in [5, 5.41) is 3.00. The molecule has 0 saturated carbocycles. The van der Waals surface area contributed by atoms with Crippen molar-refractivity contribution in [2.24, 2.45) is 0 Å². The molecule has 0 bridgehead atoms. The minimum absolute atomic E-state index is 0.0441. The summed E-state index contributed by atoms with van der Waals surface area (Å²) in [7, 11) is -3.28. The lowest BCUT2D eigenvalue weighted by molar-refractivity contribution is 0.283. The summed E-state index contributed by atoms with van der Waals surface area (Å²) in [4.78, 5) is 17.0. The molecule has 30 heavy (non-hydrogen) atoms. The van der Waals surface area contributed by atoms with Gasteiger partial charge in [-0.25, -0.2) is 21.9 Å². The monoisotopic (exact) mass is 508 g/mol. The SMILES string of the molecule is CC(C)n1c(NCCCNS(C)(=O)=O)nc(OCc2ccc(F)cc2F)c(Br)c1=O. The molecule has 0 saturated heterocycles. The molecule has 166 valence electrons. The third kappa shape index (κ3) is 6.74. The van der Waals surface area contributed by atoms with Crippen molar-refractivity contribution in [3.8, 4) is 5.88 Å². The minimum Gasteiger partial charge on any atom is -0.472 e. The average Bonchev–Trinajstić information content (AvgIpc) is 2.63. The first-order chi connectivity index (χ1) is 14.0. The lowest BCUT2D eigenvalue weighted by Gasteiger charge is -2.19. The van der Waals surface area contributed by atoms with E-state index < -0.39 is 27.2 Å². The zero-order valence-electron chi connectivity index (χ0n) is 16.7. The zero-order chi connectivity index (χ0) is 22.5. The molecule has 12 heteroatoms. The second-order valence-electron chi connectivity index (χ2n) is 6.79. The van der Waals surface area contributed by atoms with Gasteiger partial charge in [0.1, 0.15) is 22.7 Å². The van der Waals surface area contributed by atoms with E-state index in [0.717, 1.165) is 18.4 Å². The van der Waals surface area contributed by atoms with E-state index in [1.54, 1.807) is 13.8 Å². The predicted octanol–water partition coefficient (Wildman–Crippen LogP) is 2.80. The van der Waals surface area contributed by atoms with Gasteiger partial charge in [-0.2, -0.15) is 4.98 Å². The third-order valence-corrected chi connectivity index (χ3v) is 5.33. The van der Waals surface area contributed by atoms with E-state index in [4.69, 9.17) is 4.74 Å². The fraction of sp³-hybridized carbons (Fsp3) is 0.444. The Kier molecular flexibility index (Phi) is 8.33. The van der Waals surface area contributed by atoms with E-state index in [2.05, 4.69) is 31.0 Å². The number of sulfonamides is 1. The number of nitrogens with zero attached hydrogens (tertiary/aromatic N) is 2. The second kappa shape index (κ2) is 10.3. The van der Waals surface area contributed by atoms with Crippen molar-refractivity contribution >= 4 is 31.9 Å². The molecule has 2 aromatic rings. The van der Waals surface area contributed by atoms with Crippen LogP contribution in [-0.4, -0.2) is 37.3 Å². The molecule has 0 aliphatic carbocycles. The molecule has 0 atom stereocenters. The first kappa shape index (κ1) is 24.2. The van der Waals surface area contributed by atoms with Gasteiger partial charge in [0.05, 0.1) is 6.26 Å². The van der Waals surface area contributed by atoms with E-state index >= 15 is 0 Å². The standard InChI is InChI=1S/C18H23BrF2N4O4S/c1-11(2)25-17(26)15(19)16(29-10-12-5-6-13(20)9-14(12)21)24-18(25)22-7-4-8-23-30(3,27)28/h5-6,9,11,23H,4,7-8,10H2,1-3H3,(H,22,24). The van der Waals surface area contributed by atoms with E-state index in [-0.39, 0.29) is 41.1 Å². The highest BCUT2D eigenvalue weighted by molar-refractivity contribution is 9.10. The largest absolute Gasteiger partial charge is 0.472 e. The molecular formula is C18H23BrF2N4O4S. The smallest absolute Gasteiger partial charge is 0.273 e. The fourth-order valence-corrected chi connectivity index (χ4v) is 3.43. The van der Waals surface area contributed by atoms with E-state index in [1.807, 2.05) is 0 Å². The van der Waals surface area contributed by atoms with Crippen molar-refractivity contribution < 1.29 is 21.9 Å². The molecule has 0 spiro atoms. The molecule has 1 aromatic carbocycles. The van der Waals surface area contributed by atoms with Crippen molar-refractivity contribution in [3.05, 3.63) is 50.2 Å². The van der Waals surface area contributed by atoms with Gasteiger partial charge in [0, 0.05) is 30.8 Å². The Morgan fingerprint density at radius 3 is 2.57 bits per heavy atom. The zero-order valence-corrected chi connectivity index (χ0v) is 19.1. The molecule has 8 nitrogen and oxygen atoms in total. The van der Waals surface area contributed by atoms with Crippen molar-refractivity contribution in [1.29, 1.82) is 0 Å². The van der Waals surface area contributed by atoms with Crippen LogP contribution in [0.15, 0.2) is 27.5 Å². The molecule has 0 amide bonds. The number of hydrogen-bond acceptors (Lipinski definition) is 6. The van der Waals surface area contributed by atoms with Gasteiger partial charge < -0.3 is 10.1 Å². The molecule has 0 unspecified atom stereocenters. The second-order valence-corrected chi connectivity index (χ2v) is 9.42. The summed E-state index contributed by atoms with van der Waals surface area (Å²) in [6, 6.07) is 2.89. The Labute approximate surface area is 181 Å². The Morgan fingerprint density at radius 2 is 1.97 bits per heavy atom. The van der Waals surface area contributed by atoms with Gasteiger partial charge in [-0.15, -0.1) is 0 Å². The first-order valence-corrected chi connectivity index (χ1v) is 11.8. The lowest BCUT2D eigenvalue weighted by atomic mass is 10.2. The third-order valence-electron chi connectivity index (χ3n) is 3.93. The highest BCUT2D eigenvalue weighted by Gasteiger charge is 2.18. The first-order valence-electron chi connectivity index (χ1n) is 9.07. The minimum atomic E-state index is -3.28. The topological polar surface area (TPSA) is 102 Å². The summed E-state index contributed by atoms with van der Waals surface area (Å²) in [6.07, 6.45) is 1.52. The van der Waals surface area contributed by atoms with Gasteiger partial charge >= 0.3 is 0 Å². The molecule has 0 fully saturated rings. The van der Waals surface area contributed by atoms with Crippen LogP contribution in [0, 0.1) is 11.6 Å². The number of ether oxygens (including phenoxy) is 1. The normalized spacial score (nSPS) is 11.7. The van der Waals surface area contributed by atoms with Crippen LogP contribution in [0.3, 0.4) is 0 Å². The maximum atomic E-state index is 13.8. The van der Waals surface area contributed by atoms with Crippen LogP contribution < -0.4 is 20.3 Å². The van der Waals surface area contributed by atoms with Gasteiger partial charge in [0.2, 0.25) is 21.9 Å². The van der Waals surface area contributed by atoms with Crippen molar-refractivity contribution in [2.45, 2.75) is 32.9 Å². The summed E-state index contributed by atoms with van der Waals surface area (Å²) in [5.41, 5.74) is -0.286. The quantitative estimate of drug-likeness (QED) is 0.478. The Hall–Kier alpha value is -2.05. The fourth-order valence-electron chi connectivity index (χ4n) is 2.52. The van der Waals surface area contributed by atoms with Crippen LogP contribution in [0.4, 0.5) is 14.7 Å². The number of anilines is 1. The van der Waals surface area contributed by atoms with Crippen LogP contribution in [0.2, 0.25) is 0 Å². The Morgan fingerprint density at radius 1 is 1.27 bits per heavy atom.